The van der Waals surface area contributed by atoms with Crippen LogP contribution < -0.4 is 10.6 Å². The Bertz CT molecular complexity index is 1110. The minimum atomic E-state index is -0.386. The van der Waals surface area contributed by atoms with E-state index in [1.807, 2.05) is 37.5 Å². The molecule has 0 spiro atoms. The van der Waals surface area contributed by atoms with Crippen LogP contribution in [-0.4, -0.2) is 16.0 Å². The predicted molar refractivity (Wildman–Crippen MR) is 115 cm³/mol. The van der Waals surface area contributed by atoms with Crippen LogP contribution >= 0.6 is 23.5 Å². The molecular formula is C21H18ClFN4S. The minimum absolute atomic E-state index is 0.372. The van der Waals surface area contributed by atoms with E-state index in [2.05, 4.69) is 31.9 Å². The zero-order valence-electron chi connectivity index (χ0n) is 15.1. The molecule has 0 saturated carbocycles. The van der Waals surface area contributed by atoms with Gasteiger partial charge in [-0.25, -0.2) is 4.39 Å². The van der Waals surface area contributed by atoms with Crippen LogP contribution in [0.15, 0.2) is 72.0 Å². The van der Waals surface area contributed by atoms with E-state index in [9.17, 15) is 4.39 Å². The Labute approximate surface area is 171 Å². The molecule has 0 fully saturated rings. The Balaban J connectivity index is 1.73. The van der Waals surface area contributed by atoms with Crippen LogP contribution in [0, 0.1) is 5.82 Å². The van der Waals surface area contributed by atoms with E-state index >= 15 is 0 Å². The fourth-order valence-electron chi connectivity index (χ4n) is 3.01. The molecule has 0 aliphatic heterocycles. The molecule has 2 heterocycles. The van der Waals surface area contributed by atoms with Crippen molar-refractivity contribution >= 4 is 45.8 Å². The Morgan fingerprint density at radius 1 is 1.18 bits per heavy atom. The number of benzene rings is 2. The topological polar surface area (TPSA) is 41.9 Å². The summed E-state index contributed by atoms with van der Waals surface area (Å²) in [5, 5.41) is 7.87. The highest BCUT2D eigenvalue weighted by molar-refractivity contribution is 7.98. The molecule has 0 amide bonds. The fraction of sp³-hybridized carbons (Fsp3) is 0.0952. The number of fused-ring (bicyclic) bond motifs is 1. The summed E-state index contributed by atoms with van der Waals surface area (Å²) in [5.74, 6) is -0.386. The van der Waals surface area contributed by atoms with Gasteiger partial charge in [-0.05, 0) is 67.0 Å². The Hall–Kier alpha value is -2.54. The van der Waals surface area contributed by atoms with Crippen LogP contribution in [0.2, 0.25) is 5.02 Å². The van der Waals surface area contributed by atoms with Gasteiger partial charge in [-0.15, -0.1) is 0 Å². The number of hydrogen-bond acceptors (Lipinski definition) is 4. The first-order valence-corrected chi connectivity index (χ1v) is 9.88. The molecule has 0 radical (unpaired) electrons. The van der Waals surface area contributed by atoms with Gasteiger partial charge in [0, 0.05) is 46.1 Å². The second kappa shape index (κ2) is 8.22. The molecule has 7 heteroatoms. The van der Waals surface area contributed by atoms with Gasteiger partial charge < -0.3 is 10.6 Å². The van der Waals surface area contributed by atoms with Gasteiger partial charge >= 0.3 is 0 Å². The highest BCUT2D eigenvalue weighted by Gasteiger charge is 2.11. The Morgan fingerprint density at radius 2 is 2.07 bits per heavy atom. The summed E-state index contributed by atoms with van der Waals surface area (Å²) in [5.41, 5.74) is 3.42. The molecule has 142 valence electrons. The van der Waals surface area contributed by atoms with Gasteiger partial charge in [0.25, 0.3) is 0 Å². The molecule has 28 heavy (non-hydrogen) atoms. The predicted octanol–water partition coefficient (Wildman–Crippen LogP) is 5.85. The summed E-state index contributed by atoms with van der Waals surface area (Å²) in [6, 6.07) is 14.6. The Kier molecular flexibility index (Phi) is 5.52. The van der Waals surface area contributed by atoms with Crippen LogP contribution in [0.4, 0.5) is 15.8 Å². The SMILES string of the molecule is CNCc1cn(Sc2cccnc2)c2cc(Nc3ccc(Cl)cc3F)ccc12. The maximum Gasteiger partial charge on any atom is 0.148 e. The number of hydrogen-bond donors (Lipinski definition) is 2. The Morgan fingerprint density at radius 3 is 2.82 bits per heavy atom. The van der Waals surface area contributed by atoms with Gasteiger partial charge in [0.2, 0.25) is 0 Å². The molecule has 4 nitrogen and oxygen atoms in total. The quantitative estimate of drug-likeness (QED) is 0.417. The number of nitrogens with one attached hydrogen (secondary N) is 2. The monoisotopic (exact) mass is 412 g/mol. The highest BCUT2D eigenvalue weighted by atomic mass is 35.5. The number of halogens is 2. The molecule has 4 aromatic rings. The van der Waals surface area contributed by atoms with Gasteiger partial charge in [0.1, 0.15) is 5.82 Å². The van der Waals surface area contributed by atoms with Crippen molar-refractivity contribution < 1.29 is 4.39 Å². The van der Waals surface area contributed by atoms with Crippen molar-refractivity contribution in [1.29, 1.82) is 0 Å². The number of aromatic nitrogens is 2. The third-order valence-corrected chi connectivity index (χ3v) is 5.46. The fourth-order valence-corrected chi connectivity index (χ4v) is 4.07. The third kappa shape index (κ3) is 3.99. The van der Waals surface area contributed by atoms with Crippen molar-refractivity contribution in [3.05, 3.63) is 83.5 Å². The van der Waals surface area contributed by atoms with Gasteiger partial charge in [-0.2, -0.15) is 0 Å². The molecule has 0 aliphatic rings. The lowest BCUT2D eigenvalue weighted by Gasteiger charge is -2.10. The van der Waals surface area contributed by atoms with Crippen LogP contribution in [0.1, 0.15) is 5.56 Å². The van der Waals surface area contributed by atoms with Crippen LogP contribution in [0.5, 0.6) is 0 Å². The summed E-state index contributed by atoms with van der Waals surface area (Å²) in [7, 11) is 1.93. The van der Waals surface area contributed by atoms with Crippen molar-refractivity contribution in [3.8, 4) is 0 Å². The number of pyridine rings is 1. The van der Waals surface area contributed by atoms with Crippen LogP contribution in [-0.2, 0) is 6.54 Å². The zero-order valence-corrected chi connectivity index (χ0v) is 16.7. The second-order valence-electron chi connectivity index (χ2n) is 6.27. The third-order valence-electron chi connectivity index (χ3n) is 4.27. The molecule has 0 aliphatic carbocycles. The number of anilines is 2. The zero-order chi connectivity index (χ0) is 19.5. The molecule has 0 unspecified atom stereocenters. The molecule has 2 aromatic carbocycles. The van der Waals surface area contributed by atoms with E-state index < -0.39 is 0 Å². The largest absolute Gasteiger partial charge is 0.353 e. The summed E-state index contributed by atoms with van der Waals surface area (Å²) in [6.07, 6.45) is 5.71. The summed E-state index contributed by atoms with van der Waals surface area (Å²) in [6.45, 7) is 0.760. The maximum atomic E-state index is 14.1. The van der Waals surface area contributed by atoms with Gasteiger partial charge in [0.15, 0.2) is 0 Å². The van der Waals surface area contributed by atoms with Crippen molar-refractivity contribution in [3.63, 3.8) is 0 Å². The summed E-state index contributed by atoms with van der Waals surface area (Å²) in [4.78, 5) is 5.22. The van der Waals surface area contributed by atoms with E-state index in [-0.39, 0.29) is 5.82 Å². The summed E-state index contributed by atoms with van der Waals surface area (Å²) < 4.78 is 16.3. The van der Waals surface area contributed by atoms with E-state index in [4.69, 9.17) is 11.6 Å². The van der Waals surface area contributed by atoms with Crippen LogP contribution in [0.3, 0.4) is 0 Å². The molecule has 0 atom stereocenters. The lowest BCUT2D eigenvalue weighted by atomic mass is 10.1. The summed E-state index contributed by atoms with van der Waals surface area (Å²) >= 11 is 7.43. The first-order valence-electron chi connectivity index (χ1n) is 8.73. The van der Waals surface area contributed by atoms with E-state index in [0.717, 1.165) is 28.0 Å². The lowest BCUT2D eigenvalue weighted by molar-refractivity contribution is 0.632. The van der Waals surface area contributed by atoms with Gasteiger partial charge in [-0.3, -0.25) is 8.96 Å². The number of rotatable bonds is 6. The van der Waals surface area contributed by atoms with Crippen molar-refractivity contribution in [2.75, 3.05) is 12.4 Å². The van der Waals surface area contributed by atoms with E-state index in [1.165, 1.54) is 11.6 Å². The standard InChI is InChI=1S/C21H18ClFN4S/c1-24-11-14-13-27(28-17-3-2-8-25-12-17)21-10-16(5-6-18(14)21)26-20-7-4-15(22)9-19(20)23/h2-10,12-13,24,26H,11H2,1H3. The van der Waals surface area contributed by atoms with Crippen LogP contribution in [0.25, 0.3) is 10.9 Å². The molecule has 4 rings (SSSR count). The van der Waals surface area contributed by atoms with Crippen molar-refractivity contribution in [1.82, 2.24) is 14.3 Å². The van der Waals surface area contributed by atoms with E-state index in [0.29, 0.717) is 10.7 Å². The minimum Gasteiger partial charge on any atom is -0.353 e. The van der Waals surface area contributed by atoms with E-state index in [1.54, 1.807) is 30.3 Å². The van der Waals surface area contributed by atoms with Crippen molar-refractivity contribution in [2.45, 2.75) is 11.4 Å². The number of nitrogens with zero attached hydrogens (tertiary/aromatic N) is 2. The lowest BCUT2D eigenvalue weighted by Crippen LogP contribution is -2.04. The first kappa shape index (κ1) is 18.8. The van der Waals surface area contributed by atoms with Gasteiger partial charge in [-0.1, -0.05) is 17.7 Å². The van der Waals surface area contributed by atoms with Gasteiger partial charge in [0.05, 0.1) is 11.2 Å². The molecule has 2 N–H and O–H groups in total. The highest BCUT2D eigenvalue weighted by Crippen LogP contribution is 2.32. The molecule has 0 bridgehead atoms. The average molecular weight is 413 g/mol. The van der Waals surface area contributed by atoms with Crippen molar-refractivity contribution in [2.24, 2.45) is 0 Å². The molecule has 0 saturated heterocycles. The normalized spacial score (nSPS) is 11.1. The average Bonchev–Trinajstić information content (AvgIpc) is 3.02. The first-order chi connectivity index (χ1) is 13.6. The molecule has 2 aromatic heterocycles. The molecular weight excluding hydrogens is 395 g/mol. The smallest absolute Gasteiger partial charge is 0.148 e. The second-order valence-corrected chi connectivity index (χ2v) is 7.76. The maximum absolute atomic E-state index is 14.1.